The molecule has 0 bridgehead atoms. The van der Waals surface area contributed by atoms with Gasteiger partial charge in [0.2, 0.25) is 5.91 Å². The van der Waals surface area contributed by atoms with Crippen molar-refractivity contribution in [1.82, 2.24) is 15.1 Å². The highest BCUT2D eigenvalue weighted by atomic mass is 16.4. The number of rotatable bonds is 4. The van der Waals surface area contributed by atoms with E-state index in [1.165, 1.54) is 4.68 Å². The van der Waals surface area contributed by atoms with E-state index in [0.717, 1.165) is 12.8 Å². The second kappa shape index (κ2) is 5.42. The normalized spacial score (nSPS) is 26.9. The topological polar surface area (TPSA) is 84.2 Å². The van der Waals surface area contributed by atoms with Crippen LogP contribution in [0.2, 0.25) is 0 Å². The molecule has 19 heavy (non-hydrogen) atoms. The summed E-state index contributed by atoms with van der Waals surface area (Å²) < 4.78 is 1.48. The molecule has 2 rings (SSSR count). The molecule has 1 aromatic rings. The van der Waals surface area contributed by atoms with Crippen LogP contribution in [0.4, 0.5) is 0 Å². The van der Waals surface area contributed by atoms with Crippen molar-refractivity contribution in [3.63, 3.8) is 0 Å². The minimum Gasteiger partial charge on any atom is -0.480 e. The third kappa shape index (κ3) is 3.13. The first kappa shape index (κ1) is 13.6. The summed E-state index contributed by atoms with van der Waals surface area (Å²) in [4.78, 5) is 23.4. The van der Waals surface area contributed by atoms with Crippen LogP contribution >= 0.6 is 0 Å². The first-order valence-corrected chi connectivity index (χ1v) is 6.54. The summed E-state index contributed by atoms with van der Waals surface area (Å²) in [5.41, 5.74) is -1.10. The van der Waals surface area contributed by atoms with Crippen molar-refractivity contribution in [1.29, 1.82) is 0 Å². The number of hydrogen-bond donors (Lipinski definition) is 2. The Labute approximate surface area is 111 Å². The standard InChI is InChI=1S/C13H19N3O3/c1-10-3-5-13(6-4-10,12(18)19)15-11(17)9-16-8-2-7-14-16/h2,7-8,10H,3-6,9H2,1H3,(H,15,17)(H,18,19). The van der Waals surface area contributed by atoms with Gasteiger partial charge in [0.15, 0.2) is 0 Å². The second-order valence-electron chi connectivity index (χ2n) is 5.32. The zero-order valence-electron chi connectivity index (χ0n) is 11.0. The van der Waals surface area contributed by atoms with Crippen molar-refractivity contribution in [2.75, 3.05) is 0 Å². The maximum Gasteiger partial charge on any atom is 0.329 e. The van der Waals surface area contributed by atoms with Crippen LogP contribution in [0.25, 0.3) is 0 Å². The molecule has 0 aromatic carbocycles. The lowest BCUT2D eigenvalue weighted by molar-refractivity contribution is -0.149. The van der Waals surface area contributed by atoms with Gasteiger partial charge in [-0.15, -0.1) is 0 Å². The molecule has 2 N–H and O–H groups in total. The van der Waals surface area contributed by atoms with Crippen molar-refractivity contribution in [2.24, 2.45) is 5.92 Å². The number of nitrogens with zero attached hydrogens (tertiary/aromatic N) is 2. The first-order valence-electron chi connectivity index (χ1n) is 6.54. The summed E-state index contributed by atoms with van der Waals surface area (Å²) in [6.07, 6.45) is 5.91. The lowest BCUT2D eigenvalue weighted by Gasteiger charge is -2.36. The predicted octanol–water partition coefficient (Wildman–Crippen LogP) is 1.03. The number of carbonyl (C=O) groups excluding carboxylic acids is 1. The SMILES string of the molecule is CC1CCC(NC(=O)Cn2cccn2)(C(=O)O)CC1. The van der Waals surface area contributed by atoms with Crippen molar-refractivity contribution >= 4 is 11.9 Å². The lowest BCUT2D eigenvalue weighted by Crippen LogP contribution is -2.56. The molecule has 6 nitrogen and oxygen atoms in total. The summed E-state index contributed by atoms with van der Waals surface area (Å²) in [6, 6.07) is 1.72. The molecule has 0 aliphatic heterocycles. The minimum atomic E-state index is -1.10. The Morgan fingerprint density at radius 1 is 1.47 bits per heavy atom. The van der Waals surface area contributed by atoms with Gasteiger partial charge in [-0.1, -0.05) is 6.92 Å². The van der Waals surface area contributed by atoms with Gasteiger partial charge in [0, 0.05) is 12.4 Å². The molecule has 0 spiro atoms. The van der Waals surface area contributed by atoms with Crippen molar-refractivity contribution in [2.45, 2.75) is 44.7 Å². The molecule has 0 radical (unpaired) electrons. The van der Waals surface area contributed by atoms with E-state index in [-0.39, 0.29) is 12.5 Å². The molecule has 1 aromatic heterocycles. The minimum absolute atomic E-state index is 0.0532. The predicted molar refractivity (Wildman–Crippen MR) is 68.4 cm³/mol. The number of hydrogen-bond acceptors (Lipinski definition) is 3. The highest BCUT2D eigenvalue weighted by molar-refractivity contribution is 5.87. The highest BCUT2D eigenvalue weighted by Crippen LogP contribution is 2.32. The molecule has 1 heterocycles. The maximum absolute atomic E-state index is 11.9. The Kier molecular flexibility index (Phi) is 3.87. The third-order valence-electron chi connectivity index (χ3n) is 3.78. The van der Waals surface area contributed by atoms with E-state index in [4.69, 9.17) is 0 Å². The molecular weight excluding hydrogens is 246 g/mol. The van der Waals surface area contributed by atoms with Gasteiger partial charge in [-0.3, -0.25) is 9.48 Å². The summed E-state index contributed by atoms with van der Waals surface area (Å²) in [5, 5.41) is 16.0. The first-order chi connectivity index (χ1) is 9.02. The van der Waals surface area contributed by atoms with Crippen LogP contribution in [0.5, 0.6) is 0 Å². The van der Waals surface area contributed by atoms with Crippen molar-refractivity contribution < 1.29 is 14.7 Å². The van der Waals surface area contributed by atoms with Crippen LogP contribution in [0, 0.1) is 5.92 Å². The van der Waals surface area contributed by atoms with Crippen molar-refractivity contribution in [3.05, 3.63) is 18.5 Å². The third-order valence-corrected chi connectivity index (χ3v) is 3.78. The Morgan fingerprint density at radius 2 is 2.16 bits per heavy atom. The van der Waals surface area contributed by atoms with Gasteiger partial charge in [0.05, 0.1) is 0 Å². The Hall–Kier alpha value is -1.85. The van der Waals surface area contributed by atoms with E-state index < -0.39 is 11.5 Å². The van der Waals surface area contributed by atoms with Gasteiger partial charge in [0.1, 0.15) is 12.1 Å². The van der Waals surface area contributed by atoms with Gasteiger partial charge in [0.25, 0.3) is 0 Å². The van der Waals surface area contributed by atoms with Gasteiger partial charge in [-0.05, 0) is 37.7 Å². The molecule has 6 heteroatoms. The molecule has 0 unspecified atom stereocenters. The Balaban J connectivity index is 2.01. The molecule has 1 aliphatic rings. The molecule has 1 amide bonds. The largest absolute Gasteiger partial charge is 0.480 e. The number of carboxylic acid groups (broad SMARTS) is 1. The van der Waals surface area contributed by atoms with E-state index >= 15 is 0 Å². The van der Waals surface area contributed by atoms with E-state index in [1.807, 2.05) is 0 Å². The quantitative estimate of drug-likeness (QED) is 0.851. The lowest BCUT2D eigenvalue weighted by atomic mass is 9.77. The number of carboxylic acids is 1. The Bertz CT molecular complexity index is 448. The summed E-state index contributed by atoms with van der Waals surface area (Å²) in [7, 11) is 0. The maximum atomic E-state index is 11.9. The van der Waals surface area contributed by atoms with Crippen LogP contribution in [-0.4, -0.2) is 32.3 Å². The van der Waals surface area contributed by atoms with E-state index in [1.54, 1.807) is 18.5 Å². The molecule has 0 saturated heterocycles. The number of amides is 1. The fourth-order valence-corrected chi connectivity index (χ4v) is 2.49. The van der Waals surface area contributed by atoms with E-state index in [9.17, 15) is 14.7 Å². The smallest absolute Gasteiger partial charge is 0.329 e. The van der Waals surface area contributed by atoms with E-state index in [2.05, 4.69) is 17.3 Å². The van der Waals surface area contributed by atoms with Crippen LogP contribution in [0.3, 0.4) is 0 Å². The van der Waals surface area contributed by atoms with Crippen molar-refractivity contribution in [3.8, 4) is 0 Å². The molecule has 104 valence electrons. The Morgan fingerprint density at radius 3 is 2.68 bits per heavy atom. The second-order valence-corrected chi connectivity index (χ2v) is 5.32. The zero-order chi connectivity index (χ0) is 13.9. The summed E-state index contributed by atoms with van der Waals surface area (Å²) >= 11 is 0. The molecule has 0 atom stereocenters. The highest BCUT2D eigenvalue weighted by Gasteiger charge is 2.42. The average Bonchev–Trinajstić information content (AvgIpc) is 2.84. The monoisotopic (exact) mass is 265 g/mol. The van der Waals surface area contributed by atoms with Gasteiger partial charge < -0.3 is 10.4 Å². The van der Waals surface area contributed by atoms with Gasteiger partial charge >= 0.3 is 5.97 Å². The van der Waals surface area contributed by atoms with Crippen LogP contribution < -0.4 is 5.32 Å². The number of nitrogens with one attached hydrogen (secondary N) is 1. The fourth-order valence-electron chi connectivity index (χ4n) is 2.49. The van der Waals surface area contributed by atoms with E-state index in [0.29, 0.717) is 18.8 Å². The number of aliphatic carboxylic acids is 1. The number of carbonyl (C=O) groups is 2. The average molecular weight is 265 g/mol. The molecular formula is C13H19N3O3. The number of aromatic nitrogens is 2. The summed E-state index contributed by atoms with van der Waals surface area (Å²) in [5.74, 6) is -0.718. The fraction of sp³-hybridized carbons (Fsp3) is 0.615. The summed E-state index contributed by atoms with van der Waals surface area (Å²) in [6.45, 7) is 2.16. The zero-order valence-corrected chi connectivity index (χ0v) is 11.0. The van der Waals surface area contributed by atoms with Crippen LogP contribution in [0.15, 0.2) is 18.5 Å². The van der Waals surface area contributed by atoms with Gasteiger partial charge in [-0.2, -0.15) is 5.10 Å². The molecule has 1 fully saturated rings. The van der Waals surface area contributed by atoms with Crippen LogP contribution in [0.1, 0.15) is 32.6 Å². The molecule has 1 aliphatic carbocycles. The molecule has 1 saturated carbocycles. The van der Waals surface area contributed by atoms with Crippen LogP contribution in [-0.2, 0) is 16.1 Å². The van der Waals surface area contributed by atoms with Gasteiger partial charge in [-0.25, -0.2) is 4.79 Å².